The maximum atomic E-state index is 12.9. The van der Waals surface area contributed by atoms with E-state index in [-0.39, 0.29) is 17.0 Å². The van der Waals surface area contributed by atoms with Crippen molar-refractivity contribution in [3.05, 3.63) is 70.8 Å². The van der Waals surface area contributed by atoms with Crippen LogP contribution in [0.1, 0.15) is 29.4 Å². The van der Waals surface area contributed by atoms with Crippen LogP contribution >= 0.6 is 11.8 Å². The van der Waals surface area contributed by atoms with Crippen molar-refractivity contribution >= 4 is 35.5 Å². The van der Waals surface area contributed by atoms with Crippen LogP contribution in [0, 0.1) is 19.7 Å². The Hall–Kier alpha value is -2.93. The van der Waals surface area contributed by atoms with Gasteiger partial charge in [0, 0.05) is 5.69 Å². The third-order valence-electron chi connectivity index (χ3n) is 4.17. The number of aromatic amines is 1. The number of carbonyl (C=O) groups is 1. The van der Waals surface area contributed by atoms with Crippen molar-refractivity contribution in [2.45, 2.75) is 31.2 Å². The zero-order valence-corrected chi connectivity index (χ0v) is 16.7. The molecule has 0 aliphatic carbocycles. The Balaban J connectivity index is 1.61. The lowest BCUT2D eigenvalue weighted by Crippen LogP contribution is -2.23. The monoisotopic (exact) mass is 396 g/mol. The van der Waals surface area contributed by atoms with Crippen LogP contribution in [-0.4, -0.2) is 26.3 Å². The van der Waals surface area contributed by atoms with Crippen LogP contribution in [0.2, 0.25) is 0 Å². The van der Waals surface area contributed by atoms with Gasteiger partial charge in [0.1, 0.15) is 11.6 Å². The average molecular weight is 396 g/mol. The number of hydrogen-bond acceptors (Lipinski definition) is 4. The zero-order chi connectivity index (χ0) is 20.1. The maximum absolute atomic E-state index is 12.9. The summed E-state index contributed by atoms with van der Waals surface area (Å²) in [5, 5.41) is 10.1. The quantitative estimate of drug-likeness (QED) is 0.584. The van der Waals surface area contributed by atoms with Gasteiger partial charge in [-0.25, -0.2) is 9.37 Å². The summed E-state index contributed by atoms with van der Waals surface area (Å²) < 4.78 is 12.9. The van der Waals surface area contributed by atoms with Gasteiger partial charge in [0.15, 0.2) is 0 Å². The summed E-state index contributed by atoms with van der Waals surface area (Å²) in [6.07, 6.45) is 3.57. The molecule has 0 spiro atoms. The van der Waals surface area contributed by atoms with Crippen LogP contribution in [0.3, 0.4) is 0 Å². The molecule has 144 valence electrons. The van der Waals surface area contributed by atoms with Gasteiger partial charge in [-0.1, -0.05) is 48.2 Å². The Labute approximate surface area is 167 Å². The molecule has 2 aromatic carbocycles. The van der Waals surface area contributed by atoms with Crippen molar-refractivity contribution in [2.75, 3.05) is 5.32 Å². The fourth-order valence-corrected chi connectivity index (χ4v) is 3.31. The first-order chi connectivity index (χ1) is 13.4. The average Bonchev–Trinajstić information content (AvgIpc) is 3.11. The number of rotatable bonds is 6. The minimum absolute atomic E-state index is 0.101. The van der Waals surface area contributed by atoms with E-state index in [4.69, 9.17) is 0 Å². The number of aromatic nitrogens is 3. The van der Waals surface area contributed by atoms with Crippen LogP contribution in [0.5, 0.6) is 0 Å². The number of nitrogens with zero attached hydrogens (tertiary/aromatic N) is 2. The molecular formula is C21H21FN4OS. The molecule has 0 saturated carbocycles. The predicted octanol–water partition coefficient (Wildman–Crippen LogP) is 4.85. The van der Waals surface area contributed by atoms with Crippen molar-refractivity contribution in [3.63, 3.8) is 0 Å². The highest BCUT2D eigenvalue weighted by molar-refractivity contribution is 8.00. The molecule has 3 aromatic rings. The van der Waals surface area contributed by atoms with E-state index in [9.17, 15) is 9.18 Å². The highest BCUT2D eigenvalue weighted by Crippen LogP contribution is 2.24. The Morgan fingerprint density at radius 1 is 1.14 bits per heavy atom. The molecule has 0 aliphatic heterocycles. The lowest BCUT2D eigenvalue weighted by atomic mass is 10.1. The maximum Gasteiger partial charge on any atom is 0.237 e. The van der Waals surface area contributed by atoms with Gasteiger partial charge < -0.3 is 5.32 Å². The molecule has 1 unspecified atom stereocenters. The molecule has 0 fully saturated rings. The number of nitrogens with one attached hydrogen (secondary N) is 2. The zero-order valence-electron chi connectivity index (χ0n) is 15.9. The molecule has 1 atom stereocenters. The molecule has 3 rings (SSSR count). The standard InChI is InChI=1S/C21H21FN4OS/c1-13-5-4-6-14(2)19(13)24-20(27)15(3)28-21-23-18(25-26-21)12-9-16-7-10-17(22)11-8-16/h4-12,15H,1-3H3,(H,24,27)(H,23,25,26)/b12-9+. The molecule has 1 aromatic heterocycles. The van der Waals surface area contributed by atoms with Crippen molar-refractivity contribution in [1.82, 2.24) is 15.2 Å². The van der Waals surface area contributed by atoms with Crippen molar-refractivity contribution in [1.29, 1.82) is 0 Å². The van der Waals surface area contributed by atoms with Crippen molar-refractivity contribution < 1.29 is 9.18 Å². The fourth-order valence-electron chi connectivity index (χ4n) is 2.58. The summed E-state index contributed by atoms with van der Waals surface area (Å²) in [4.78, 5) is 16.9. The summed E-state index contributed by atoms with van der Waals surface area (Å²) in [7, 11) is 0. The molecule has 1 heterocycles. The van der Waals surface area contributed by atoms with Gasteiger partial charge >= 0.3 is 0 Å². The fraction of sp³-hybridized carbons (Fsp3) is 0.190. The van der Waals surface area contributed by atoms with Gasteiger partial charge in [0.25, 0.3) is 0 Å². The highest BCUT2D eigenvalue weighted by Gasteiger charge is 2.18. The van der Waals surface area contributed by atoms with Crippen LogP contribution < -0.4 is 5.32 Å². The Kier molecular flexibility index (Phi) is 6.26. The van der Waals surface area contributed by atoms with E-state index in [0.717, 1.165) is 22.4 Å². The number of amides is 1. The van der Waals surface area contributed by atoms with Gasteiger partial charge in [-0.15, -0.1) is 5.10 Å². The van der Waals surface area contributed by atoms with Crippen LogP contribution in [0.4, 0.5) is 10.1 Å². The normalized spacial score (nSPS) is 12.3. The van der Waals surface area contributed by atoms with E-state index in [1.165, 1.54) is 23.9 Å². The SMILES string of the molecule is Cc1cccc(C)c1NC(=O)C(C)Sc1n[nH]c(/C=C/c2ccc(F)cc2)n1. The molecule has 0 radical (unpaired) electrons. The second-order valence-corrected chi connectivity index (χ2v) is 7.71. The Bertz CT molecular complexity index is 978. The van der Waals surface area contributed by atoms with E-state index in [0.29, 0.717) is 11.0 Å². The third-order valence-corrected chi connectivity index (χ3v) is 5.13. The number of benzene rings is 2. The van der Waals surface area contributed by atoms with Gasteiger partial charge in [-0.3, -0.25) is 9.89 Å². The first-order valence-corrected chi connectivity index (χ1v) is 9.70. The molecule has 7 heteroatoms. The number of hydrogen-bond donors (Lipinski definition) is 2. The number of halogens is 1. The first-order valence-electron chi connectivity index (χ1n) is 8.82. The van der Waals surface area contributed by atoms with E-state index >= 15 is 0 Å². The summed E-state index contributed by atoms with van der Waals surface area (Å²) in [5.74, 6) is 0.188. The predicted molar refractivity (Wildman–Crippen MR) is 112 cm³/mol. The molecule has 28 heavy (non-hydrogen) atoms. The van der Waals surface area contributed by atoms with Crippen LogP contribution in [0.25, 0.3) is 12.2 Å². The van der Waals surface area contributed by atoms with E-state index in [1.807, 2.05) is 45.0 Å². The minimum atomic E-state index is -0.358. The Morgan fingerprint density at radius 3 is 2.50 bits per heavy atom. The topological polar surface area (TPSA) is 70.7 Å². The lowest BCUT2D eigenvalue weighted by molar-refractivity contribution is -0.115. The summed E-state index contributed by atoms with van der Waals surface area (Å²) in [5.41, 5.74) is 3.75. The number of H-pyrrole nitrogens is 1. The number of thioether (sulfide) groups is 1. The van der Waals surface area contributed by atoms with E-state index in [1.54, 1.807) is 18.2 Å². The van der Waals surface area contributed by atoms with Crippen LogP contribution in [0.15, 0.2) is 47.6 Å². The largest absolute Gasteiger partial charge is 0.325 e. The van der Waals surface area contributed by atoms with Gasteiger partial charge in [0.05, 0.1) is 5.25 Å². The highest BCUT2D eigenvalue weighted by atomic mass is 32.2. The van der Waals surface area contributed by atoms with Gasteiger partial charge in [0.2, 0.25) is 11.1 Å². The molecule has 1 amide bonds. The summed E-state index contributed by atoms with van der Waals surface area (Å²) in [6, 6.07) is 12.1. The third kappa shape index (κ3) is 5.07. The second-order valence-electron chi connectivity index (χ2n) is 6.40. The van der Waals surface area contributed by atoms with E-state index < -0.39 is 0 Å². The van der Waals surface area contributed by atoms with E-state index in [2.05, 4.69) is 20.5 Å². The van der Waals surface area contributed by atoms with Crippen LogP contribution in [-0.2, 0) is 4.79 Å². The number of aryl methyl sites for hydroxylation is 2. The molecule has 2 N–H and O–H groups in total. The number of carbonyl (C=O) groups excluding carboxylic acids is 1. The summed E-state index contributed by atoms with van der Waals surface area (Å²) in [6.45, 7) is 5.75. The minimum Gasteiger partial charge on any atom is -0.325 e. The molecule has 0 saturated heterocycles. The molecule has 5 nitrogen and oxygen atoms in total. The van der Waals surface area contributed by atoms with Crippen molar-refractivity contribution in [3.8, 4) is 0 Å². The van der Waals surface area contributed by atoms with Crippen molar-refractivity contribution in [2.24, 2.45) is 0 Å². The lowest BCUT2D eigenvalue weighted by Gasteiger charge is -2.14. The molecule has 0 aliphatic rings. The number of para-hydroxylation sites is 1. The molecule has 0 bridgehead atoms. The molecular weight excluding hydrogens is 375 g/mol. The van der Waals surface area contributed by atoms with Gasteiger partial charge in [-0.05, 0) is 55.7 Å². The smallest absolute Gasteiger partial charge is 0.237 e. The second kappa shape index (κ2) is 8.84. The number of anilines is 1. The Morgan fingerprint density at radius 2 is 1.82 bits per heavy atom. The van der Waals surface area contributed by atoms with Gasteiger partial charge in [-0.2, -0.15) is 0 Å². The first kappa shape index (κ1) is 19.8. The summed E-state index contributed by atoms with van der Waals surface area (Å²) >= 11 is 1.28.